The van der Waals surface area contributed by atoms with Crippen LogP contribution in [0.2, 0.25) is 0 Å². The van der Waals surface area contributed by atoms with Gasteiger partial charge in [0.05, 0.1) is 25.3 Å². The Morgan fingerprint density at radius 3 is 2.56 bits per heavy atom. The van der Waals surface area contributed by atoms with Gasteiger partial charge in [0.2, 0.25) is 17.7 Å². The summed E-state index contributed by atoms with van der Waals surface area (Å²) in [5, 5.41) is 3.06. The van der Waals surface area contributed by atoms with Crippen LogP contribution in [-0.4, -0.2) is 71.3 Å². The summed E-state index contributed by atoms with van der Waals surface area (Å²) < 4.78 is 12.4. The first-order valence-electron chi connectivity index (χ1n) is 14.1. The summed E-state index contributed by atoms with van der Waals surface area (Å²) in [7, 11) is 1.63. The molecule has 1 fully saturated rings. The van der Waals surface area contributed by atoms with Crippen LogP contribution in [0, 0.1) is 0 Å². The molecule has 5 rings (SSSR count). The average Bonchev–Trinajstić information content (AvgIpc) is 2.98. The first kappa shape index (κ1) is 28.3. The molecule has 0 radical (unpaired) electrons. The second kappa shape index (κ2) is 13.4. The van der Waals surface area contributed by atoms with Gasteiger partial charge < -0.3 is 24.6 Å². The van der Waals surface area contributed by atoms with Crippen LogP contribution < -0.4 is 10.1 Å². The van der Waals surface area contributed by atoms with Crippen molar-refractivity contribution < 1.29 is 23.9 Å². The first-order valence-corrected chi connectivity index (χ1v) is 14.1. The number of likely N-dealkylation sites (N-methyl/N-ethyl adjacent to an activating group) is 1. The van der Waals surface area contributed by atoms with E-state index in [4.69, 9.17) is 9.47 Å². The summed E-state index contributed by atoms with van der Waals surface area (Å²) in [6.45, 7) is 1.14. The standard InChI is InChI=1S/C32H36N4O5/c1-35-21-30(37)34-28-20-36(32(39)14-12-25-8-2-3-16-33-25)17-15-29(28)40-22-24-7-5-10-27(19-24)41-26-9-4-6-23(18-26)11-13-31(35)38/h2-10,16,18-19,28-29H,11-15,17,20-22H2,1H3,(H,34,37)/t28-,29+/m0/s1. The average molecular weight is 557 g/mol. The molecule has 2 aliphatic rings. The van der Waals surface area contributed by atoms with Crippen LogP contribution in [0.1, 0.15) is 36.1 Å². The molecule has 1 aromatic heterocycles. The molecule has 3 amide bonds. The van der Waals surface area contributed by atoms with Gasteiger partial charge in [0.1, 0.15) is 11.5 Å². The predicted octanol–water partition coefficient (Wildman–Crippen LogP) is 3.51. The molecule has 2 atom stereocenters. The number of hydrogen-bond donors (Lipinski definition) is 1. The van der Waals surface area contributed by atoms with E-state index in [1.807, 2.05) is 66.7 Å². The molecule has 41 heavy (non-hydrogen) atoms. The van der Waals surface area contributed by atoms with Gasteiger partial charge in [-0.15, -0.1) is 0 Å². The number of carbonyl (C=O) groups is 3. The number of aryl methyl sites for hydroxylation is 2. The Labute approximate surface area is 240 Å². The zero-order valence-electron chi connectivity index (χ0n) is 23.3. The maximum Gasteiger partial charge on any atom is 0.239 e. The molecule has 3 aromatic rings. The number of carbonyl (C=O) groups excluding carboxylic acids is 3. The van der Waals surface area contributed by atoms with Crippen molar-refractivity contribution >= 4 is 17.7 Å². The quantitative estimate of drug-likeness (QED) is 0.530. The molecule has 214 valence electrons. The van der Waals surface area contributed by atoms with Gasteiger partial charge in [-0.25, -0.2) is 0 Å². The van der Waals surface area contributed by atoms with E-state index in [9.17, 15) is 14.4 Å². The number of aromatic nitrogens is 1. The fourth-order valence-corrected chi connectivity index (χ4v) is 5.24. The minimum absolute atomic E-state index is 0.0168. The normalized spacial score (nSPS) is 20.2. The number of pyridine rings is 1. The highest BCUT2D eigenvalue weighted by Crippen LogP contribution is 2.25. The number of likely N-dealkylation sites (tertiary alicyclic amines) is 1. The summed E-state index contributed by atoms with van der Waals surface area (Å²) in [4.78, 5) is 46.5. The molecule has 2 aromatic carbocycles. The third-order valence-electron chi connectivity index (χ3n) is 7.50. The number of benzene rings is 2. The van der Waals surface area contributed by atoms with Crippen molar-refractivity contribution in [2.45, 2.75) is 50.9 Å². The van der Waals surface area contributed by atoms with E-state index in [2.05, 4.69) is 10.3 Å². The maximum atomic E-state index is 13.1. The molecule has 4 bridgehead atoms. The number of nitrogens with one attached hydrogen (secondary N) is 1. The SMILES string of the molecule is CN1CC(=O)N[C@H]2CN(C(=O)CCc3ccccn3)CC[C@H]2OCc2cccc(c2)Oc2cccc(c2)CCC1=O. The van der Waals surface area contributed by atoms with E-state index >= 15 is 0 Å². The van der Waals surface area contributed by atoms with E-state index in [0.29, 0.717) is 56.9 Å². The van der Waals surface area contributed by atoms with Gasteiger partial charge in [-0.05, 0) is 66.8 Å². The van der Waals surface area contributed by atoms with Crippen molar-refractivity contribution in [3.63, 3.8) is 0 Å². The molecule has 2 aliphatic heterocycles. The van der Waals surface area contributed by atoms with Crippen LogP contribution >= 0.6 is 0 Å². The van der Waals surface area contributed by atoms with Crippen molar-refractivity contribution in [1.29, 1.82) is 0 Å². The number of fused-ring (bicyclic) bond motifs is 5. The van der Waals surface area contributed by atoms with Crippen molar-refractivity contribution in [3.05, 3.63) is 89.7 Å². The molecule has 1 N–H and O–H groups in total. The van der Waals surface area contributed by atoms with E-state index in [0.717, 1.165) is 16.8 Å². The van der Waals surface area contributed by atoms with E-state index in [1.54, 1.807) is 18.1 Å². The molecular formula is C32H36N4O5. The zero-order chi connectivity index (χ0) is 28.6. The van der Waals surface area contributed by atoms with Gasteiger partial charge in [-0.2, -0.15) is 0 Å². The van der Waals surface area contributed by atoms with Gasteiger partial charge in [-0.1, -0.05) is 30.3 Å². The van der Waals surface area contributed by atoms with Gasteiger partial charge in [-0.3, -0.25) is 19.4 Å². The van der Waals surface area contributed by atoms with E-state index < -0.39 is 6.04 Å². The minimum atomic E-state index is -0.406. The number of piperidine rings is 1. The highest BCUT2D eigenvalue weighted by Gasteiger charge is 2.33. The summed E-state index contributed by atoms with van der Waals surface area (Å²) in [5.74, 6) is 1.01. The number of hydrogen-bond acceptors (Lipinski definition) is 6. The number of rotatable bonds is 3. The fraction of sp³-hybridized carbons (Fsp3) is 0.375. The smallest absolute Gasteiger partial charge is 0.239 e. The minimum Gasteiger partial charge on any atom is -0.457 e. The van der Waals surface area contributed by atoms with Crippen molar-refractivity contribution in [1.82, 2.24) is 20.1 Å². The van der Waals surface area contributed by atoms with Crippen molar-refractivity contribution in [2.24, 2.45) is 0 Å². The van der Waals surface area contributed by atoms with E-state index in [1.165, 1.54) is 4.90 Å². The third kappa shape index (κ3) is 7.91. The number of nitrogens with zero attached hydrogens (tertiary/aromatic N) is 3. The molecule has 1 saturated heterocycles. The van der Waals surface area contributed by atoms with Gasteiger partial charge in [0.15, 0.2) is 0 Å². The monoisotopic (exact) mass is 556 g/mol. The van der Waals surface area contributed by atoms with Crippen LogP contribution in [0.25, 0.3) is 0 Å². The lowest BCUT2D eigenvalue weighted by molar-refractivity contribution is -0.138. The third-order valence-corrected chi connectivity index (χ3v) is 7.50. The Morgan fingerprint density at radius 2 is 1.78 bits per heavy atom. The number of ether oxygens (including phenoxy) is 2. The molecule has 3 heterocycles. The zero-order valence-corrected chi connectivity index (χ0v) is 23.3. The second-order valence-electron chi connectivity index (χ2n) is 10.6. The highest BCUT2D eigenvalue weighted by molar-refractivity contribution is 5.85. The summed E-state index contributed by atoms with van der Waals surface area (Å²) >= 11 is 0. The Balaban J connectivity index is 1.31. The molecule has 0 unspecified atom stereocenters. The predicted molar refractivity (Wildman–Crippen MR) is 153 cm³/mol. The fourth-order valence-electron chi connectivity index (χ4n) is 5.24. The van der Waals surface area contributed by atoms with Crippen molar-refractivity contribution in [3.8, 4) is 11.5 Å². The van der Waals surface area contributed by atoms with Gasteiger partial charge in [0.25, 0.3) is 0 Å². The molecule has 9 nitrogen and oxygen atoms in total. The summed E-state index contributed by atoms with van der Waals surface area (Å²) in [6.07, 6.45) is 3.73. The first-order chi connectivity index (χ1) is 19.9. The highest BCUT2D eigenvalue weighted by atomic mass is 16.5. The summed E-state index contributed by atoms with van der Waals surface area (Å²) in [6, 6.07) is 20.7. The Morgan fingerprint density at radius 1 is 1.00 bits per heavy atom. The topological polar surface area (TPSA) is 101 Å². The summed E-state index contributed by atoms with van der Waals surface area (Å²) in [5.41, 5.74) is 2.80. The Kier molecular flexibility index (Phi) is 9.26. The lowest BCUT2D eigenvalue weighted by atomic mass is 10.0. The van der Waals surface area contributed by atoms with Crippen LogP contribution in [0.4, 0.5) is 0 Å². The lowest BCUT2D eigenvalue weighted by Gasteiger charge is -2.39. The molecule has 9 heteroatoms. The molecule has 0 spiro atoms. The molecular weight excluding hydrogens is 520 g/mol. The largest absolute Gasteiger partial charge is 0.457 e. The Bertz CT molecular complexity index is 1360. The van der Waals surface area contributed by atoms with Crippen LogP contribution in [0.5, 0.6) is 11.5 Å². The number of amides is 3. The lowest BCUT2D eigenvalue weighted by Crippen LogP contribution is -2.58. The maximum absolute atomic E-state index is 13.1. The van der Waals surface area contributed by atoms with Gasteiger partial charge in [0, 0.05) is 44.9 Å². The Hall–Kier alpha value is -4.24. The van der Waals surface area contributed by atoms with E-state index in [-0.39, 0.29) is 36.8 Å². The molecule has 0 aliphatic carbocycles. The van der Waals surface area contributed by atoms with Gasteiger partial charge >= 0.3 is 0 Å². The van der Waals surface area contributed by atoms with Crippen LogP contribution in [0.3, 0.4) is 0 Å². The van der Waals surface area contributed by atoms with Crippen molar-refractivity contribution in [2.75, 3.05) is 26.7 Å². The molecule has 0 saturated carbocycles. The van der Waals surface area contributed by atoms with Crippen LogP contribution in [0.15, 0.2) is 72.9 Å². The second-order valence-corrected chi connectivity index (χ2v) is 10.6. The van der Waals surface area contributed by atoms with Crippen LogP contribution in [-0.2, 0) is 38.6 Å².